The predicted molar refractivity (Wildman–Crippen MR) is 73.8 cm³/mol. The molecule has 1 heterocycles. The van der Waals surface area contributed by atoms with Gasteiger partial charge in [0.15, 0.2) is 0 Å². The van der Waals surface area contributed by atoms with Crippen molar-refractivity contribution in [3.8, 4) is 0 Å². The molecule has 2 atom stereocenters. The summed E-state index contributed by atoms with van der Waals surface area (Å²) in [6.45, 7) is 6.60. The lowest BCUT2D eigenvalue weighted by molar-refractivity contribution is 0.163. The Morgan fingerprint density at radius 2 is 2.24 bits per heavy atom. The molecule has 3 heteroatoms. The maximum absolute atomic E-state index is 6.17. The molecule has 1 fully saturated rings. The van der Waals surface area contributed by atoms with Gasteiger partial charge in [0, 0.05) is 30.2 Å². The highest BCUT2D eigenvalue weighted by Crippen LogP contribution is 2.21. The first kappa shape index (κ1) is 12.9. The molecule has 0 radical (unpaired) electrons. The van der Waals surface area contributed by atoms with Gasteiger partial charge in [0.1, 0.15) is 0 Å². The van der Waals surface area contributed by atoms with E-state index >= 15 is 0 Å². The number of benzene rings is 1. The zero-order valence-electron chi connectivity index (χ0n) is 10.8. The minimum Gasteiger partial charge on any atom is -0.311 e. The van der Waals surface area contributed by atoms with Crippen LogP contribution in [-0.2, 0) is 6.42 Å². The smallest absolute Gasteiger partial charge is 0.0437 e. The Morgan fingerprint density at radius 1 is 1.47 bits per heavy atom. The topological polar surface area (TPSA) is 15.3 Å². The first-order valence-corrected chi connectivity index (χ1v) is 6.65. The lowest BCUT2D eigenvalue weighted by atomic mass is 9.95. The van der Waals surface area contributed by atoms with Gasteiger partial charge in [-0.25, -0.2) is 0 Å². The summed E-state index contributed by atoms with van der Waals surface area (Å²) in [6.07, 6.45) is 1.05. The number of piperazine rings is 1. The molecule has 1 aliphatic rings. The van der Waals surface area contributed by atoms with Crippen molar-refractivity contribution in [1.29, 1.82) is 0 Å². The zero-order valence-corrected chi connectivity index (χ0v) is 11.6. The lowest BCUT2D eigenvalue weighted by Crippen LogP contribution is -2.55. The molecule has 2 rings (SSSR count). The maximum atomic E-state index is 6.17. The van der Waals surface area contributed by atoms with Crippen molar-refractivity contribution in [2.45, 2.75) is 32.4 Å². The molecule has 94 valence electrons. The van der Waals surface area contributed by atoms with Crippen LogP contribution in [0.25, 0.3) is 0 Å². The quantitative estimate of drug-likeness (QED) is 0.870. The molecule has 1 aromatic carbocycles. The highest BCUT2D eigenvalue weighted by molar-refractivity contribution is 6.31. The fourth-order valence-corrected chi connectivity index (χ4v) is 2.65. The summed E-state index contributed by atoms with van der Waals surface area (Å²) < 4.78 is 0. The van der Waals surface area contributed by atoms with E-state index in [0.717, 1.165) is 24.5 Å². The first-order chi connectivity index (χ1) is 8.09. The molecule has 0 aliphatic carbocycles. The van der Waals surface area contributed by atoms with Crippen LogP contribution in [0.1, 0.15) is 18.1 Å². The Kier molecular flexibility index (Phi) is 4.08. The summed E-state index contributed by atoms with van der Waals surface area (Å²) in [7, 11) is 2.20. The van der Waals surface area contributed by atoms with E-state index < -0.39 is 0 Å². The van der Waals surface area contributed by atoms with E-state index in [0.29, 0.717) is 12.1 Å². The predicted octanol–water partition coefficient (Wildman–Crippen LogP) is 2.48. The highest BCUT2D eigenvalue weighted by atomic mass is 35.5. The van der Waals surface area contributed by atoms with Gasteiger partial charge in [-0.2, -0.15) is 0 Å². The van der Waals surface area contributed by atoms with E-state index in [9.17, 15) is 0 Å². The Bertz CT molecular complexity index is 392. The fraction of sp³-hybridized carbons (Fsp3) is 0.571. The molecule has 2 nitrogen and oxygen atoms in total. The molecule has 1 saturated heterocycles. The normalized spacial score (nSPS) is 26.1. The Morgan fingerprint density at radius 3 is 3.00 bits per heavy atom. The number of likely N-dealkylation sites (N-methyl/N-ethyl adjacent to an activating group) is 1. The fourth-order valence-electron chi connectivity index (χ4n) is 2.46. The van der Waals surface area contributed by atoms with Crippen LogP contribution in [0, 0.1) is 6.92 Å². The molecular weight excluding hydrogens is 232 g/mol. The van der Waals surface area contributed by atoms with Crippen molar-refractivity contribution in [3.63, 3.8) is 0 Å². The Labute approximate surface area is 109 Å². The van der Waals surface area contributed by atoms with Crippen LogP contribution >= 0.6 is 11.6 Å². The van der Waals surface area contributed by atoms with Gasteiger partial charge in [-0.05, 0) is 44.5 Å². The molecule has 1 aliphatic heterocycles. The second-order valence-corrected chi connectivity index (χ2v) is 5.42. The van der Waals surface area contributed by atoms with Crippen LogP contribution in [0.15, 0.2) is 18.2 Å². The molecule has 2 unspecified atom stereocenters. The minimum atomic E-state index is 0.519. The number of halogens is 1. The van der Waals surface area contributed by atoms with Crippen LogP contribution in [0.5, 0.6) is 0 Å². The zero-order chi connectivity index (χ0) is 12.4. The number of hydrogen-bond donors (Lipinski definition) is 1. The summed E-state index contributed by atoms with van der Waals surface area (Å²) in [5.41, 5.74) is 2.58. The monoisotopic (exact) mass is 252 g/mol. The van der Waals surface area contributed by atoms with Gasteiger partial charge in [-0.3, -0.25) is 0 Å². The molecule has 1 aromatic rings. The SMILES string of the molecule is Cc1c(Cl)cccc1CC1NCCN(C)C1C. The number of rotatable bonds is 2. The van der Waals surface area contributed by atoms with Gasteiger partial charge < -0.3 is 10.2 Å². The highest BCUT2D eigenvalue weighted by Gasteiger charge is 2.25. The van der Waals surface area contributed by atoms with E-state index in [2.05, 4.69) is 37.2 Å². The Hall–Kier alpha value is -0.570. The van der Waals surface area contributed by atoms with Crippen molar-refractivity contribution >= 4 is 11.6 Å². The summed E-state index contributed by atoms with van der Waals surface area (Å²) in [5, 5.41) is 4.48. The van der Waals surface area contributed by atoms with Crippen molar-refractivity contribution in [3.05, 3.63) is 34.3 Å². The van der Waals surface area contributed by atoms with Gasteiger partial charge >= 0.3 is 0 Å². The summed E-state index contributed by atoms with van der Waals surface area (Å²) in [4.78, 5) is 2.42. The third-order valence-corrected chi connectivity index (χ3v) is 4.38. The third kappa shape index (κ3) is 2.82. The third-order valence-electron chi connectivity index (χ3n) is 3.97. The summed E-state index contributed by atoms with van der Waals surface area (Å²) in [5.74, 6) is 0. The average molecular weight is 253 g/mol. The largest absolute Gasteiger partial charge is 0.311 e. The molecule has 0 spiro atoms. The van der Waals surface area contributed by atoms with Crippen molar-refractivity contribution in [2.24, 2.45) is 0 Å². The summed E-state index contributed by atoms with van der Waals surface area (Å²) >= 11 is 6.17. The molecule has 0 bridgehead atoms. The lowest BCUT2D eigenvalue weighted by Gasteiger charge is -2.38. The van der Waals surface area contributed by atoms with Crippen molar-refractivity contribution in [1.82, 2.24) is 10.2 Å². The van der Waals surface area contributed by atoms with E-state index in [1.165, 1.54) is 11.1 Å². The minimum absolute atomic E-state index is 0.519. The molecule has 0 saturated carbocycles. The second kappa shape index (κ2) is 5.38. The van der Waals surface area contributed by atoms with Crippen LogP contribution in [0.4, 0.5) is 0 Å². The van der Waals surface area contributed by atoms with Gasteiger partial charge in [-0.15, -0.1) is 0 Å². The Balaban J connectivity index is 2.12. The van der Waals surface area contributed by atoms with Gasteiger partial charge in [-0.1, -0.05) is 23.7 Å². The molecule has 1 N–H and O–H groups in total. The molecule has 17 heavy (non-hydrogen) atoms. The molecular formula is C14H21ClN2. The van der Waals surface area contributed by atoms with E-state index in [1.807, 2.05) is 12.1 Å². The average Bonchev–Trinajstić information content (AvgIpc) is 2.31. The van der Waals surface area contributed by atoms with Crippen LogP contribution in [0.2, 0.25) is 5.02 Å². The standard InChI is InChI=1S/C14H21ClN2/c1-10-12(5-4-6-13(10)15)9-14-11(2)17(3)8-7-16-14/h4-6,11,14,16H,7-9H2,1-3H3. The van der Waals surface area contributed by atoms with Gasteiger partial charge in [0.25, 0.3) is 0 Å². The second-order valence-electron chi connectivity index (χ2n) is 5.01. The van der Waals surface area contributed by atoms with E-state index in [1.54, 1.807) is 0 Å². The maximum Gasteiger partial charge on any atom is 0.0437 e. The van der Waals surface area contributed by atoms with E-state index in [-0.39, 0.29) is 0 Å². The summed E-state index contributed by atoms with van der Waals surface area (Å²) in [6, 6.07) is 7.28. The number of hydrogen-bond acceptors (Lipinski definition) is 2. The van der Waals surface area contributed by atoms with Crippen molar-refractivity contribution in [2.75, 3.05) is 20.1 Å². The van der Waals surface area contributed by atoms with Crippen LogP contribution < -0.4 is 5.32 Å². The van der Waals surface area contributed by atoms with E-state index in [4.69, 9.17) is 11.6 Å². The van der Waals surface area contributed by atoms with Gasteiger partial charge in [0.2, 0.25) is 0 Å². The first-order valence-electron chi connectivity index (χ1n) is 6.27. The van der Waals surface area contributed by atoms with Crippen molar-refractivity contribution < 1.29 is 0 Å². The number of nitrogens with one attached hydrogen (secondary N) is 1. The molecule has 0 amide bonds. The molecule has 0 aromatic heterocycles. The number of nitrogens with zero attached hydrogens (tertiary/aromatic N) is 1. The van der Waals surface area contributed by atoms with Crippen LogP contribution in [-0.4, -0.2) is 37.1 Å². The van der Waals surface area contributed by atoms with Crippen LogP contribution in [0.3, 0.4) is 0 Å². The van der Waals surface area contributed by atoms with Gasteiger partial charge in [0.05, 0.1) is 0 Å².